The van der Waals surface area contributed by atoms with Gasteiger partial charge < -0.3 is 5.32 Å². The van der Waals surface area contributed by atoms with Gasteiger partial charge in [-0.3, -0.25) is 10.4 Å². The number of fused-ring (bicyclic) bond motifs is 1. The number of hydrogen-bond donors (Lipinski definition) is 3. The van der Waals surface area contributed by atoms with Gasteiger partial charge in [0, 0.05) is 21.8 Å². The first-order chi connectivity index (χ1) is 15.7. The number of aromatic amines is 1. The molecule has 3 N–H and O–H groups in total. The summed E-state index contributed by atoms with van der Waals surface area (Å²) in [6, 6.07) is 26.1. The topological polar surface area (TPSA) is 95.6 Å². The average Bonchev–Trinajstić information content (AvgIpc) is 3.23. The van der Waals surface area contributed by atoms with Crippen molar-refractivity contribution in [2.75, 3.05) is 10.6 Å². The summed E-state index contributed by atoms with van der Waals surface area (Å²) in [5.41, 5.74) is 4.47. The van der Waals surface area contributed by atoms with Gasteiger partial charge in [-0.1, -0.05) is 72.3 Å². The molecule has 0 aliphatic rings. The van der Waals surface area contributed by atoms with E-state index in [0.717, 1.165) is 16.7 Å². The number of anilines is 2. The summed E-state index contributed by atoms with van der Waals surface area (Å²) < 4.78 is 0. The summed E-state index contributed by atoms with van der Waals surface area (Å²) in [5.74, 6) is 0.359. The molecule has 0 spiro atoms. The first-order valence-corrected chi connectivity index (χ1v) is 10.3. The quantitative estimate of drug-likeness (QED) is 0.320. The summed E-state index contributed by atoms with van der Waals surface area (Å²) >= 11 is 5.91. The van der Waals surface area contributed by atoms with Gasteiger partial charge in [-0.05, 0) is 29.8 Å². The summed E-state index contributed by atoms with van der Waals surface area (Å²) in [7, 11) is 0. The summed E-state index contributed by atoms with van der Waals surface area (Å²) in [4.78, 5) is 12.7. The predicted molar refractivity (Wildman–Crippen MR) is 127 cm³/mol. The number of benzene rings is 3. The van der Waals surface area contributed by atoms with E-state index in [9.17, 15) is 4.79 Å². The molecule has 0 saturated carbocycles. The number of H-pyrrole nitrogens is 1. The number of nitrogens with zero attached hydrogens (tertiary/aromatic N) is 3. The zero-order valence-electron chi connectivity index (χ0n) is 16.7. The number of amides is 2. The molecule has 8 heteroatoms. The number of carbonyl (C=O) groups excluding carboxylic acids is 1. The maximum atomic E-state index is 12.7. The Morgan fingerprint density at radius 1 is 0.781 bits per heavy atom. The van der Waals surface area contributed by atoms with Crippen LogP contribution >= 0.6 is 11.6 Å². The summed E-state index contributed by atoms with van der Waals surface area (Å²) in [6.45, 7) is 0. The SMILES string of the molecule is O=C(Nc1ccc(Cl)cc1)Nc1n[nH]c2nnc(-c3ccccc3)c(-c3ccccc3)c12. The Hall–Kier alpha value is -4.23. The Bertz CT molecular complexity index is 1390. The van der Waals surface area contributed by atoms with Crippen molar-refractivity contribution in [3.8, 4) is 22.4 Å². The van der Waals surface area contributed by atoms with Crippen LogP contribution in [0.1, 0.15) is 0 Å². The lowest BCUT2D eigenvalue weighted by Gasteiger charge is -2.11. The molecular formula is C24H17ClN6O. The van der Waals surface area contributed by atoms with E-state index >= 15 is 0 Å². The smallest absolute Gasteiger partial charge is 0.308 e. The Morgan fingerprint density at radius 3 is 2.12 bits per heavy atom. The Morgan fingerprint density at radius 2 is 1.44 bits per heavy atom. The van der Waals surface area contributed by atoms with Gasteiger partial charge in [-0.25, -0.2) is 4.79 Å². The number of aromatic nitrogens is 4. The van der Waals surface area contributed by atoms with Crippen LogP contribution in [0.15, 0.2) is 84.9 Å². The van der Waals surface area contributed by atoms with Crippen LogP contribution in [0.3, 0.4) is 0 Å². The average molecular weight is 441 g/mol. The maximum absolute atomic E-state index is 12.7. The van der Waals surface area contributed by atoms with Crippen LogP contribution in [0, 0.1) is 0 Å². The van der Waals surface area contributed by atoms with Gasteiger partial charge in [0.25, 0.3) is 0 Å². The molecule has 0 aliphatic heterocycles. The number of carbonyl (C=O) groups is 1. The van der Waals surface area contributed by atoms with Gasteiger partial charge in [0.2, 0.25) is 0 Å². The van der Waals surface area contributed by atoms with Gasteiger partial charge in [0.1, 0.15) is 5.69 Å². The Kier molecular flexibility index (Phi) is 5.23. The molecule has 7 nitrogen and oxygen atoms in total. The van der Waals surface area contributed by atoms with E-state index in [1.54, 1.807) is 24.3 Å². The number of halogens is 1. The predicted octanol–water partition coefficient (Wildman–Crippen LogP) is 5.98. The van der Waals surface area contributed by atoms with Crippen LogP contribution in [0.2, 0.25) is 5.02 Å². The van der Waals surface area contributed by atoms with E-state index in [0.29, 0.717) is 33.3 Å². The molecule has 2 heterocycles. The largest absolute Gasteiger partial charge is 0.324 e. The van der Waals surface area contributed by atoms with Crippen molar-refractivity contribution in [3.05, 3.63) is 90.0 Å². The highest BCUT2D eigenvalue weighted by Crippen LogP contribution is 2.38. The van der Waals surface area contributed by atoms with Gasteiger partial charge >= 0.3 is 6.03 Å². The van der Waals surface area contributed by atoms with Gasteiger partial charge in [-0.2, -0.15) is 5.10 Å². The van der Waals surface area contributed by atoms with Gasteiger partial charge in [0.15, 0.2) is 11.5 Å². The first-order valence-electron chi connectivity index (χ1n) is 9.88. The van der Waals surface area contributed by atoms with Crippen molar-refractivity contribution in [2.24, 2.45) is 0 Å². The van der Waals surface area contributed by atoms with E-state index in [4.69, 9.17) is 11.6 Å². The molecule has 0 bridgehead atoms. The molecule has 5 rings (SSSR count). The van der Waals surface area contributed by atoms with Gasteiger partial charge in [0.05, 0.1) is 5.39 Å². The van der Waals surface area contributed by atoms with Crippen molar-refractivity contribution in [2.45, 2.75) is 0 Å². The Labute approximate surface area is 188 Å². The van der Waals surface area contributed by atoms with E-state index in [1.165, 1.54) is 0 Å². The number of urea groups is 1. The van der Waals surface area contributed by atoms with Crippen molar-refractivity contribution >= 4 is 40.2 Å². The molecular weight excluding hydrogens is 424 g/mol. The monoisotopic (exact) mass is 440 g/mol. The summed E-state index contributed by atoms with van der Waals surface area (Å²) in [5, 5.41) is 22.8. The Balaban J connectivity index is 1.60. The van der Waals surface area contributed by atoms with Crippen LogP contribution in [0.4, 0.5) is 16.3 Å². The number of rotatable bonds is 4. The lowest BCUT2D eigenvalue weighted by molar-refractivity contribution is 0.262. The van der Waals surface area contributed by atoms with E-state index < -0.39 is 6.03 Å². The zero-order chi connectivity index (χ0) is 21.9. The number of hydrogen-bond acceptors (Lipinski definition) is 4. The minimum absolute atomic E-state index is 0.359. The molecule has 0 atom stereocenters. The van der Waals surface area contributed by atoms with Crippen molar-refractivity contribution in [1.82, 2.24) is 20.4 Å². The third-order valence-corrected chi connectivity index (χ3v) is 5.18. The third-order valence-electron chi connectivity index (χ3n) is 4.93. The van der Waals surface area contributed by atoms with E-state index in [2.05, 4.69) is 31.0 Å². The third kappa shape index (κ3) is 3.89. The van der Waals surface area contributed by atoms with Crippen LogP contribution in [0.5, 0.6) is 0 Å². The second kappa shape index (κ2) is 8.49. The van der Waals surface area contributed by atoms with Crippen LogP contribution in [-0.2, 0) is 0 Å². The van der Waals surface area contributed by atoms with E-state index in [1.807, 2.05) is 60.7 Å². The van der Waals surface area contributed by atoms with Crippen LogP contribution in [0.25, 0.3) is 33.4 Å². The highest BCUT2D eigenvalue weighted by molar-refractivity contribution is 6.30. The molecule has 0 aliphatic carbocycles. The fraction of sp³-hybridized carbons (Fsp3) is 0. The molecule has 32 heavy (non-hydrogen) atoms. The number of nitrogens with one attached hydrogen (secondary N) is 3. The molecule has 0 saturated heterocycles. The lowest BCUT2D eigenvalue weighted by Crippen LogP contribution is -2.19. The molecule has 0 radical (unpaired) electrons. The summed E-state index contributed by atoms with van der Waals surface area (Å²) in [6.07, 6.45) is 0. The highest BCUT2D eigenvalue weighted by Gasteiger charge is 2.20. The highest BCUT2D eigenvalue weighted by atomic mass is 35.5. The second-order valence-electron chi connectivity index (χ2n) is 7.04. The zero-order valence-corrected chi connectivity index (χ0v) is 17.5. The van der Waals surface area contributed by atoms with Crippen molar-refractivity contribution < 1.29 is 4.79 Å². The molecule has 156 valence electrons. The lowest BCUT2D eigenvalue weighted by atomic mass is 9.97. The minimum Gasteiger partial charge on any atom is -0.308 e. The normalized spacial score (nSPS) is 10.8. The van der Waals surface area contributed by atoms with Crippen LogP contribution in [-0.4, -0.2) is 26.4 Å². The standard InChI is InChI=1S/C24H17ClN6O/c25-17-11-13-18(14-12-17)26-24(32)27-22-20-19(15-7-3-1-4-8-15)21(16-9-5-2-6-10-16)28-30-23(20)31-29-22/h1-14H,(H3,26,27,29,30,31,32). The maximum Gasteiger partial charge on any atom is 0.324 e. The first kappa shape index (κ1) is 19.7. The minimum atomic E-state index is -0.433. The molecule has 0 unspecified atom stereocenters. The molecule has 2 aromatic heterocycles. The fourth-order valence-electron chi connectivity index (χ4n) is 3.49. The fourth-order valence-corrected chi connectivity index (χ4v) is 3.61. The van der Waals surface area contributed by atoms with Crippen molar-refractivity contribution in [3.63, 3.8) is 0 Å². The molecule has 3 aromatic carbocycles. The molecule has 2 amide bonds. The van der Waals surface area contributed by atoms with Crippen molar-refractivity contribution in [1.29, 1.82) is 0 Å². The van der Waals surface area contributed by atoms with E-state index in [-0.39, 0.29) is 0 Å². The van der Waals surface area contributed by atoms with Gasteiger partial charge in [-0.15, -0.1) is 10.2 Å². The molecule has 0 fully saturated rings. The van der Waals surface area contributed by atoms with Crippen LogP contribution < -0.4 is 10.6 Å². The second-order valence-corrected chi connectivity index (χ2v) is 7.47. The molecule has 5 aromatic rings.